The van der Waals surface area contributed by atoms with E-state index in [9.17, 15) is 4.39 Å². The first kappa shape index (κ1) is 12.1. The minimum Gasteiger partial charge on any atom is -0.424 e. The summed E-state index contributed by atoms with van der Waals surface area (Å²) in [5, 5.41) is -0.0366. The van der Waals surface area contributed by atoms with Gasteiger partial charge in [0.15, 0.2) is 0 Å². The van der Waals surface area contributed by atoms with E-state index in [-0.39, 0.29) is 16.9 Å². The zero-order chi connectivity index (χ0) is 12.4. The van der Waals surface area contributed by atoms with Gasteiger partial charge in [-0.15, -0.1) is 0 Å². The molecule has 88 valence electrons. The van der Waals surface area contributed by atoms with Gasteiger partial charge in [-0.1, -0.05) is 11.6 Å². The lowest BCUT2D eigenvalue weighted by atomic mass is 10.3. The standard InChI is InChI=1S/C10H6BrClFN3O/c11-8-4-9(14)16-10(15-8)17-5-1-2-7(13)6(12)3-5/h1-4H,(H2,14,15,16). The van der Waals surface area contributed by atoms with Crippen LogP contribution in [0.1, 0.15) is 0 Å². The van der Waals surface area contributed by atoms with Gasteiger partial charge in [0.2, 0.25) is 0 Å². The number of nitrogen functional groups attached to an aromatic ring is 1. The number of halogens is 3. The van der Waals surface area contributed by atoms with Crippen LogP contribution in [0.2, 0.25) is 5.02 Å². The molecule has 0 aliphatic rings. The van der Waals surface area contributed by atoms with E-state index in [0.717, 1.165) is 0 Å². The van der Waals surface area contributed by atoms with Crippen molar-refractivity contribution < 1.29 is 9.13 Å². The maximum atomic E-state index is 12.9. The number of benzene rings is 1. The van der Waals surface area contributed by atoms with Gasteiger partial charge < -0.3 is 10.5 Å². The molecule has 0 saturated heterocycles. The van der Waals surface area contributed by atoms with Crippen LogP contribution in [0.3, 0.4) is 0 Å². The molecule has 4 nitrogen and oxygen atoms in total. The molecule has 0 aliphatic carbocycles. The Morgan fingerprint density at radius 3 is 2.71 bits per heavy atom. The Morgan fingerprint density at radius 2 is 2.06 bits per heavy atom. The van der Waals surface area contributed by atoms with E-state index in [2.05, 4.69) is 25.9 Å². The number of anilines is 1. The Hall–Kier alpha value is -1.40. The predicted octanol–water partition coefficient (Wildman–Crippen LogP) is 3.41. The van der Waals surface area contributed by atoms with Crippen molar-refractivity contribution in [1.29, 1.82) is 0 Å². The topological polar surface area (TPSA) is 61.0 Å². The van der Waals surface area contributed by atoms with Crippen molar-refractivity contribution in [2.45, 2.75) is 0 Å². The molecule has 0 spiro atoms. The van der Waals surface area contributed by atoms with E-state index in [1.807, 2.05) is 0 Å². The fourth-order valence-corrected chi connectivity index (χ4v) is 1.66. The lowest BCUT2D eigenvalue weighted by molar-refractivity contribution is 0.440. The summed E-state index contributed by atoms with van der Waals surface area (Å²) < 4.78 is 18.7. The summed E-state index contributed by atoms with van der Waals surface area (Å²) in [7, 11) is 0. The van der Waals surface area contributed by atoms with E-state index in [0.29, 0.717) is 10.4 Å². The second kappa shape index (κ2) is 4.85. The fraction of sp³-hybridized carbons (Fsp3) is 0. The van der Waals surface area contributed by atoms with E-state index < -0.39 is 5.82 Å². The van der Waals surface area contributed by atoms with Crippen LogP contribution in [-0.4, -0.2) is 9.97 Å². The van der Waals surface area contributed by atoms with Crippen molar-refractivity contribution in [2.75, 3.05) is 5.73 Å². The molecule has 1 heterocycles. The van der Waals surface area contributed by atoms with E-state index in [1.165, 1.54) is 24.3 Å². The highest BCUT2D eigenvalue weighted by atomic mass is 79.9. The summed E-state index contributed by atoms with van der Waals surface area (Å²) in [6.45, 7) is 0. The first-order valence-corrected chi connectivity index (χ1v) is 5.64. The molecule has 0 fully saturated rings. The van der Waals surface area contributed by atoms with Gasteiger partial charge in [0.05, 0.1) is 5.02 Å². The van der Waals surface area contributed by atoms with Crippen LogP contribution in [0.5, 0.6) is 11.8 Å². The van der Waals surface area contributed by atoms with Gasteiger partial charge in [-0.2, -0.15) is 9.97 Å². The molecule has 17 heavy (non-hydrogen) atoms. The lowest BCUT2D eigenvalue weighted by Crippen LogP contribution is -1.97. The van der Waals surface area contributed by atoms with Crippen LogP contribution in [0, 0.1) is 5.82 Å². The van der Waals surface area contributed by atoms with Crippen molar-refractivity contribution in [3.05, 3.63) is 39.7 Å². The molecule has 2 rings (SSSR count). The van der Waals surface area contributed by atoms with Gasteiger partial charge in [-0.25, -0.2) is 4.39 Å². The SMILES string of the molecule is Nc1cc(Br)nc(Oc2ccc(F)c(Cl)c2)n1. The normalized spacial score (nSPS) is 10.3. The Labute approximate surface area is 110 Å². The Balaban J connectivity index is 2.28. The van der Waals surface area contributed by atoms with Crippen LogP contribution in [0.25, 0.3) is 0 Å². The first-order chi connectivity index (χ1) is 8.04. The van der Waals surface area contributed by atoms with Crippen LogP contribution in [-0.2, 0) is 0 Å². The van der Waals surface area contributed by atoms with Gasteiger partial charge in [-0.05, 0) is 28.1 Å². The van der Waals surface area contributed by atoms with Crippen molar-refractivity contribution in [3.63, 3.8) is 0 Å². The van der Waals surface area contributed by atoms with Crippen molar-refractivity contribution >= 4 is 33.3 Å². The lowest BCUT2D eigenvalue weighted by Gasteiger charge is -2.05. The summed E-state index contributed by atoms with van der Waals surface area (Å²) in [4.78, 5) is 7.81. The maximum absolute atomic E-state index is 12.9. The third-order valence-corrected chi connectivity index (χ3v) is 2.49. The number of nitrogens with two attached hydrogens (primary N) is 1. The molecular formula is C10H6BrClFN3O. The average Bonchev–Trinajstić information content (AvgIpc) is 2.22. The number of nitrogens with zero attached hydrogens (tertiary/aromatic N) is 2. The van der Waals surface area contributed by atoms with Gasteiger partial charge in [0.1, 0.15) is 22.0 Å². The van der Waals surface area contributed by atoms with Crippen molar-refractivity contribution in [3.8, 4) is 11.8 Å². The molecule has 0 bridgehead atoms. The minimum absolute atomic E-state index is 0.0366. The van der Waals surface area contributed by atoms with E-state index >= 15 is 0 Å². The molecule has 7 heteroatoms. The maximum Gasteiger partial charge on any atom is 0.325 e. The Kier molecular flexibility index (Phi) is 3.44. The molecule has 1 aromatic heterocycles. The Morgan fingerprint density at radius 1 is 1.29 bits per heavy atom. The molecule has 0 radical (unpaired) electrons. The minimum atomic E-state index is -0.520. The largest absolute Gasteiger partial charge is 0.424 e. The molecule has 0 aliphatic heterocycles. The zero-order valence-electron chi connectivity index (χ0n) is 8.32. The number of hydrogen-bond donors (Lipinski definition) is 1. The van der Waals surface area contributed by atoms with Gasteiger partial charge in [-0.3, -0.25) is 0 Å². The summed E-state index contributed by atoms with van der Waals surface area (Å²) in [6, 6.07) is 5.53. The second-order valence-corrected chi connectivity index (χ2v) is 4.30. The number of aromatic nitrogens is 2. The molecule has 2 aromatic rings. The van der Waals surface area contributed by atoms with Crippen LogP contribution < -0.4 is 10.5 Å². The number of rotatable bonds is 2. The first-order valence-electron chi connectivity index (χ1n) is 4.47. The molecule has 2 N–H and O–H groups in total. The Bertz CT molecular complexity index is 547. The molecule has 0 amide bonds. The second-order valence-electron chi connectivity index (χ2n) is 3.08. The van der Waals surface area contributed by atoms with Crippen molar-refractivity contribution in [2.24, 2.45) is 0 Å². The van der Waals surface area contributed by atoms with Crippen LogP contribution >= 0.6 is 27.5 Å². The smallest absolute Gasteiger partial charge is 0.325 e. The van der Waals surface area contributed by atoms with Gasteiger partial charge >= 0.3 is 6.01 Å². The molecule has 0 atom stereocenters. The van der Waals surface area contributed by atoms with Crippen LogP contribution in [0.15, 0.2) is 28.9 Å². The highest BCUT2D eigenvalue weighted by Crippen LogP contribution is 2.25. The highest BCUT2D eigenvalue weighted by Gasteiger charge is 2.06. The zero-order valence-corrected chi connectivity index (χ0v) is 10.7. The van der Waals surface area contributed by atoms with Crippen LogP contribution in [0.4, 0.5) is 10.2 Å². The molecule has 1 aromatic carbocycles. The quantitative estimate of drug-likeness (QED) is 0.862. The average molecular weight is 319 g/mol. The van der Waals surface area contributed by atoms with Gasteiger partial charge in [0.25, 0.3) is 0 Å². The molecule has 0 saturated carbocycles. The summed E-state index contributed by atoms with van der Waals surface area (Å²) >= 11 is 8.77. The highest BCUT2D eigenvalue weighted by molar-refractivity contribution is 9.10. The monoisotopic (exact) mass is 317 g/mol. The summed E-state index contributed by atoms with van der Waals surface area (Å²) in [6.07, 6.45) is 0. The van der Waals surface area contributed by atoms with E-state index in [1.54, 1.807) is 0 Å². The third kappa shape index (κ3) is 3.04. The fourth-order valence-electron chi connectivity index (χ4n) is 1.10. The van der Waals surface area contributed by atoms with E-state index in [4.69, 9.17) is 22.1 Å². The molecular weight excluding hydrogens is 312 g/mol. The summed E-state index contributed by atoms with van der Waals surface area (Å²) in [5.41, 5.74) is 5.52. The number of ether oxygens (including phenoxy) is 1. The molecule has 0 unspecified atom stereocenters. The summed E-state index contributed by atoms with van der Waals surface area (Å²) in [5.74, 6) is 0.0673. The number of hydrogen-bond acceptors (Lipinski definition) is 4. The van der Waals surface area contributed by atoms with Crippen molar-refractivity contribution in [1.82, 2.24) is 9.97 Å². The van der Waals surface area contributed by atoms with Gasteiger partial charge in [0, 0.05) is 12.1 Å². The third-order valence-electron chi connectivity index (χ3n) is 1.79. The predicted molar refractivity (Wildman–Crippen MR) is 65.6 cm³/mol.